The Kier molecular flexibility index (Phi) is 4.79. The van der Waals surface area contributed by atoms with Crippen LogP contribution in [0.25, 0.3) is 11.1 Å². The number of carbonyl (C=O) groups is 1. The average Bonchev–Trinajstić information content (AvgIpc) is 2.81. The van der Waals surface area contributed by atoms with Gasteiger partial charge in [-0.25, -0.2) is 0 Å². The topological polar surface area (TPSA) is 48.0 Å². The van der Waals surface area contributed by atoms with E-state index < -0.39 is 0 Å². The van der Waals surface area contributed by atoms with Crippen LogP contribution in [0.4, 0.5) is 0 Å². The van der Waals surface area contributed by atoms with Crippen LogP contribution in [0.2, 0.25) is 0 Å². The highest BCUT2D eigenvalue weighted by atomic mass is 16.1. The van der Waals surface area contributed by atoms with Crippen molar-refractivity contribution in [1.29, 1.82) is 0 Å². The number of rotatable bonds is 4. The summed E-state index contributed by atoms with van der Waals surface area (Å²) in [5, 5.41) is 0. The zero-order valence-corrected chi connectivity index (χ0v) is 15.1. The van der Waals surface area contributed by atoms with Crippen molar-refractivity contribution in [3.8, 4) is 11.1 Å². The number of benzene rings is 1. The first kappa shape index (κ1) is 16.8. The Balaban J connectivity index is 2.10. The SMILES string of the molecule is Cc1ccccc1-c1c(C(N)=O)c(C)n(CC2CCCCC2)c1C. The predicted octanol–water partition coefficient (Wildman–Crippen LogP) is 4.76. The fraction of sp³-hybridized carbons (Fsp3) is 0.476. The molecule has 1 heterocycles. The molecule has 1 aliphatic rings. The van der Waals surface area contributed by atoms with Gasteiger partial charge in [0, 0.05) is 23.5 Å². The van der Waals surface area contributed by atoms with Crippen LogP contribution >= 0.6 is 0 Å². The molecule has 3 heteroatoms. The second-order valence-electron chi connectivity index (χ2n) is 7.21. The zero-order chi connectivity index (χ0) is 17.3. The largest absolute Gasteiger partial charge is 0.366 e. The fourth-order valence-electron chi connectivity index (χ4n) is 4.27. The normalized spacial score (nSPS) is 15.6. The molecule has 0 unspecified atom stereocenters. The molecule has 1 aromatic heterocycles. The smallest absolute Gasteiger partial charge is 0.251 e. The zero-order valence-electron chi connectivity index (χ0n) is 15.1. The minimum Gasteiger partial charge on any atom is -0.366 e. The maximum Gasteiger partial charge on any atom is 0.251 e. The van der Waals surface area contributed by atoms with Gasteiger partial charge in [0.2, 0.25) is 0 Å². The molecule has 1 amide bonds. The summed E-state index contributed by atoms with van der Waals surface area (Å²) in [5.74, 6) is 0.394. The molecule has 24 heavy (non-hydrogen) atoms. The van der Waals surface area contributed by atoms with Crippen molar-refractivity contribution >= 4 is 5.91 Å². The molecular weight excluding hydrogens is 296 g/mol. The van der Waals surface area contributed by atoms with Gasteiger partial charge in [-0.1, -0.05) is 43.5 Å². The lowest BCUT2D eigenvalue weighted by molar-refractivity contribution is 0.1000. The highest BCUT2D eigenvalue weighted by Gasteiger charge is 2.25. The van der Waals surface area contributed by atoms with Crippen LogP contribution < -0.4 is 5.73 Å². The number of nitrogens with zero attached hydrogens (tertiary/aromatic N) is 1. The maximum absolute atomic E-state index is 12.2. The van der Waals surface area contributed by atoms with Crippen LogP contribution in [0.15, 0.2) is 24.3 Å². The summed E-state index contributed by atoms with van der Waals surface area (Å²) >= 11 is 0. The standard InChI is InChI=1S/C21H28N2O/c1-14-9-7-8-12-18(14)19-15(2)23(16(3)20(19)21(22)24)13-17-10-5-4-6-11-17/h7-9,12,17H,4-6,10-11,13H2,1-3H3,(H2,22,24). The van der Waals surface area contributed by atoms with E-state index in [2.05, 4.69) is 30.5 Å². The first-order valence-corrected chi connectivity index (χ1v) is 9.06. The third-order valence-corrected chi connectivity index (χ3v) is 5.61. The van der Waals surface area contributed by atoms with Crippen molar-refractivity contribution in [3.63, 3.8) is 0 Å². The highest BCUT2D eigenvalue weighted by Crippen LogP contribution is 2.35. The van der Waals surface area contributed by atoms with E-state index in [-0.39, 0.29) is 5.91 Å². The van der Waals surface area contributed by atoms with Crippen LogP contribution in [0.1, 0.15) is 59.4 Å². The number of primary amides is 1. The van der Waals surface area contributed by atoms with Crippen molar-refractivity contribution < 1.29 is 4.79 Å². The van der Waals surface area contributed by atoms with Crippen molar-refractivity contribution in [3.05, 3.63) is 46.8 Å². The van der Waals surface area contributed by atoms with Gasteiger partial charge in [-0.2, -0.15) is 0 Å². The number of nitrogens with two attached hydrogens (primary N) is 1. The molecule has 128 valence electrons. The van der Waals surface area contributed by atoms with E-state index in [1.54, 1.807) is 0 Å². The van der Waals surface area contributed by atoms with Gasteiger partial charge in [-0.3, -0.25) is 4.79 Å². The third-order valence-electron chi connectivity index (χ3n) is 5.61. The number of aromatic nitrogens is 1. The fourth-order valence-corrected chi connectivity index (χ4v) is 4.27. The van der Waals surface area contributed by atoms with Crippen molar-refractivity contribution in [2.75, 3.05) is 0 Å². The van der Waals surface area contributed by atoms with Crippen molar-refractivity contribution in [2.45, 2.75) is 59.4 Å². The van der Waals surface area contributed by atoms with E-state index in [9.17, 15) is 4.79 Å². The summed E-state index contributed by atoms with van der Waals surface area (Å²) < 4.78 is 2.33. The van der Waals surface area contributed by atoms with Crippen LogP contribution in [-0.4, -0.2) is 10.5 Å². The molecular formula is C21H28N2O. The van der Waals surface area contributed by atoms with Crippen LogP contribution in [-0.2, 0) is 6.54 Å². The molecule has 0 aliphatic heterocycles. The number of amides is 1. The lowest BCUT2D eigenvalue weighted by Crippen LogP contribution is -2.17. The van der Waals surface area contributed by atoms with Crippen LogP contribution in [0.5, 0.6) is 0 Å². The van der Waals surface area contributed by atoms with E-state index in [0.717, 1.165) is 23.4 Å². The molecule has 3 nitrogen and oxygen atoms in total. The average molecular weight is 324 g/mol. The number of hydrogen-bond acceptors (Lipinski definition) is 1. The molecule has 0 radical (unpaired) electrons. The Morgan fingerprint density at radius 1 is 1.08 bits per heavy atom. The molecule has 2 N–H and O–H groups in total. The lowest BCUT2D eigenvalue weighted by Gasteiger charge is -2.23. The minimum atomic E-state index is -0.323. The lowest BCUT2D eigenvalue weighted by atomic mass is 9.89. The third kappa shape index (κ3) is 3.00. The Hall–Kier alpha value is -2.03. The quantitative estimate of drug-likeness (QED) is 0.866. The van der Waals surface area contributed by atoms with Gasteiger partial charge in [0.1, 0.15) is 0 Å². The van der Waals surface area contributed by atoms with Crippen molar-refractivity contribution in [1.82, 2.24) is 4.57 Å². The number of carbonyl (C=O) groups excluding carboxylic acids is 1. The molecule has 0 atom stereocenters. The first-order valence-electron chi connectivity index (χ1n) is 9.06. The van der Waals surface area contributed by atoms with E-state index in [1.165, 1.54) is 43.4 Å². The Bertz CT molecular complexity index is 751. The Labute approximate surface area is 144 Å². The molecule has 1 fully saturated rings. The molecule has 0 spiro atoms. The molecule has 1 aliphatic carbocycles. The van der Waals surface area contributed by atoms with E-state index in [4.69, 9.17) is 5.73 Å². The summed E-state index contributed by atoms with van der Waals surface area (Å²) in [5.41, 5.74) is 12.0. The molecule has 0 saturated heterocycles. The van der Waals surface area contributed by atoms with Gasteiger partial charge >= 0.3 is 0 Å². The van der Waals surface area contributed by atoms with Crippen LogP contribution in [0, 0.1) is 26.7 Å². The Morgan fingerprint density at radius 3 is 2.38 bits per heavy atom. The Morgan fingerprint density at radius 2 is 1.75 bits per heavy atom. The summed E-state index contributed by atoms with van der Waals surface area (Å²) in [4.78, 5) is 12.2. The monoisotopic (exact) mass is 324 g/mol. The maximum atomic E-state index is 12.2. The second-order valence-corrected chi connectivity index (χ2v) is 7.21. The van der Waals surface area contributed by atoms with Gasteiger partial charge in [0.25, 0.3) is 5.91 Å². The first-order chi connectivity index (χ1) is 11.5. The molecule has 0 bridgehead atoms. The van der Waals surface area contributed by atoms with Gasteiger partial charge in [0.05, 0.1) is 5.56 Å². The molecule has 3 rings (SSSR count). The highest BCUT2D eigenvalue weighted by molar-refractivity contribution is 6.02. The predicted molar refractivity (Wildman–Crippen MR) is 99.2 cm³/mol. The summed E-state index contributed by atoms with van der Waals surface area (Å²) in [6.07, 6.45) is 6.61. The summed E-state index contributed by atoms with van der Waals surface area (Å²) in [6, 6.07) is 8.24. The van der Waals surface area contributed by atoms with Gasteiger partial charge in [-0.15, -0.1) is 0 Å². The van der Waals surface area contributed by atoms with E-state index in [1.807, 2.05) is 19.1 Å². The number of aryl methyl sites for hydroxylation is 1. The molecule has 1 aromatic carbocycles. The second kappa shape index (κ2) is 6.84. The summed E-state index contributed by atoms with van der Waals surface area (Å²) in [6.45, 7) is 7.26. The van der Waals surface area contributed by atoms with Crippen LogP contribution in [0.3, 0.4) is 0 Å². The van der Waals surface area contributed by atoms with Gasteiger partial charge < -0.3 is 10.3 Å². The van der Waals surface area contributed by atoms with E-state index in [0.29, 0.717) is 11.5 Å². The van der Waals surface area contributed by atoms with Gasteiger partial charge in [-0.05, 0) is 50.7 Å². The molecule has 2 aromatic rings. The number of hydrogen-bond donors (Lipinski definition) is 1. The van der Waals surface area contributed by atoms with E-state index >= 15 is 0 Å². The van der Waals surface area contributed by atoms with Crippen molar-refractivity contribution in [2.24, 2.45) is 11.7 Å². The minimum absolute atomic E-state index is 0.323. The van der Waals surface area contributed by atoms with Gasteiger partial charge in [0.15, 0.2) is 0 Å². The summed E-state index contributed by atoms with van der Waals surface area (Å²) in [7, 11) is 0. The molecule has 1 saturated carbocycles.